The Bertz CT molecular complexity index is 209. The average molecular weight is 225 g/mol. The van der Waals surface area contributed by atoms with E-state index in [9.17, 15) is 4.79 Å². The Kier molecular flexibility index (Phi) is 6.04. The van der Waals surface area contributed by atoms with Crippen LogP contribution in [-0.2, 0) is 4.79 Å². The fourth-order valence-electron chi connectivity index (χ4n) is 2.78. The molecule has 0 heterocycles. The zero-order valence-electron chi connectivity index (χ0n) is 10.9. The molecule has 2 N–H and O–H groups in total. The molecule has 1 fully saturated rings. The second-order valence-corrected chi connectivity index (χ2v) is 5.55. The second kappa shape index (κ2) is 7.05. The molecule has 1 saturated carbocycles. The predicted octanol–water partition coefficient (Wildman–Crippen LogP) is 3.29. The molecule has 1 aliphatic rings. The van der Waals surface area contributed by atoms with Gasteiger partial charge in [0.25, 0.3) is 0 Å². The summed E-state index contributed by atoms with van der Waals surface area (Å²) in [5.74, 6) is 1.43. The molecule has 0 spiro atoms. The van der Waals surface area contributed by atoms with Crippen LogP contribution in [0.2, 0.25) is 0 Å². The smallest absolute Gasteiger partial charge is 0.146 e. The summed E-state index contributed by atoms with van der Waals surface area (Å²) in [4.78, 5) is 11.1. The molecule has 0 aromatic rings. The fourth-order valence-corrected chi connectivity index (χ4v) is 2.78. The lowest BCUT2D eigenvalue weighted by Crippen LogP contribution is -2.35. The van der Waals surface area contributed by atoms with Crippen LogP contribution in [0.4, 0.5) is 0 Å². The largest absolute Gasteiger partial charge is 0.321 e. The summed E-state index contributed by atoms with van der Waals surface area (Å²) in [7, 11) is 0. The van der Waals surface area contributed by atoms with E-state index in [2.05, 4.69) is 6.92 Å². The third-order valence-corrected chi connectivity index (χ3v) is 4.08. The molecule has 2 unspecified atom stereocenters. The first-order valence-electron chi connectivity index (χ1n) is 6.87. The Balaban J connectivity index is 2.11. The van der Waals surface area contributed by atoms with Crippen LogP contribution in [0, 0.1) is 11.8 Å². The van der Waals surface area contributed by atoms with Gasteiger partial charge < -0.3 is 5.73 Å². The van der Waals surface area contributed by atoms with E-state index in [0.29, 0.717) is 5.92 Å². The highest BCUT2D eigenvalue weighted by Gasteiger charge is 2.18. The van der Waals surface area contributed by atoms with Gasteiger partial charge in [0.15, 0.2) is 0 Å². The van der Waals surface area contributed by atoms with Gasteiger partial charge in [-0.1, -0.05) is 51.9 Å². The van der Waals surface area contributed by atoms with E-state index in [1.807, 2.05) is 0 Å². The minimum absolute atomic E-state index is 0.130. The third kappa shape index (κ3) is 4.65. The van der Waals surface area contributed by atoms with E-state index in [0.717, 1.165) is 12.3 Å². The SMILES string of the molecule is CC(=O)C(N)C(C)CCCC1CCCCC1. The lowest BCUT2D eigenvalue weighted by molar-refractivity contribution is -0.119. The molecule has 0 bridgehead atoms. The van der Waals surface area contributed by atoms with Crippen molar-refractivity contribution >= 4 is 5.78 Å². The van der Waals surface area contributed by atoms with E-state index in [1.165, 1.54) is 44.9 Å². The molecule has 1 aliphatic carbocycles. The van der Waals surface area contributed by atoms with Gasteiger partial charge in [-0.25, -0.2) is 0 Å². The van der Waals surface area contributed by atoms with Gasteiger partial charge in [-0.15, -0.1) is 0 Å². The van der Waals surface area contributed by atoms with Gasteiger partial charge in [0.2, 0.25) is 0 Å². The van der Waals surface area contributed by atoms with Gasteiger partial charge in [0.05, 0.1) is 6.04 Å². The van der Waals surface area contributed by atoms with E-state index >= 15 is 0 Å². The Labute approximate surface area is 100.0 Å². The van der Waals surface area contributed by atoms with Crippen LogP contribution in [0.3, 0.4) is 0 Å². The molecule has 0 saturated heterocycles. The highest BCUT2D eigenvalue weighted by molar-refractivity contribution is 5.81. The van der Waals surface area contributed by atoms with E-state index in [1.54, 1.807) is 6.92 Å². The number of rotatable bonds is 6. The molecule has 0 aromatic carbocycles. The van der Waals surface area contributed by atoms with Gasteiger partial charge in [-0.05, 0) is 25.2 Å². The number of hydrogen-bond acceptors (Lipinski definition) is 2. The van der Waals surface area contributed by atoms with Crippen molar-refractivity contribution in [1.29, 1.82) is 0 Å². The molecule has 16 heavy (non-hydrogen) atoms. The van der Waals surface area contributed by atoms with E-state index in [-0.39, 0.29) is 11.8 Å². The van der Waals surface area contributed by atoms with Gasteiger partial charge in [0.1, 0.15) is 5.78 Å². The highest BCUT2D eigenvalue weighted by Crippen LogP contribution is 2.28. The lowest BCUT2D eigenvalue weighted by Gasteiger charge is -2.23. The van der Waals surface area contributed by atoms with Crippen LogP contribution in [0.15, 0.2) is 0 Å². The highest BCUT2D eigenvalue weighted by atomic mass is 16.1. The van der Waals surface area contributed by atoms with Crippen molar-refractivity contribution in [3.05, 3.63) is 0 Å². The summed E-state index contributed by atoms with van der Waals surface area (Å²) in [6.45, 7) is 3.70. The average Bonchev–Trinajstić information content (AvgIpc) is 2.29. The third-order valence-electron chi connectivity index (χ3n) is 4.08. The Morgan fingerprint density at radius 2 is 1.94 bits per heavy atom. The van der Waals surface area contributed by atoms with Crippen LogP contribution in [0.5, 0.6) is 0 Å². The molecular weight excluding hydrogens is 198 g/mol. The minimum atomic E-state index is -0.244. The molecule has 0 radical (unpaired) electrons. The number of carbonyl (C=O) groups excluding carboxylic acids is 1. The van der Waals surface area contributed by atoms with Crippen LogP contribution in [0.25, 0.3) is 0 Å². The Hall–Kier alpha value is -0.370. The maximum Gasteiger partial charge on any atom is 0.146 e. The molecular formula is C14H27NO. The maximum absolute atomic E-state index is 11.1. The summed E-state index contributed by atoms with van der Waals surface area (Å²) in [6, 6.07) is -0.244. The topological polar surface area (TPSA) is 43.1 Å². The van der Waals surface area contributed by atoms with Crippen LogP contribution in [-0.4, -0.2) is 11.8 Å². The van der Waals surface area contributed by atoms with Crippen molar-refractivity contribution in [3.8, 4) is 0 Å². The molecule has 94 valence electrons. The number of hydrogen-bond donors (Lipinski definition) is 1. The zero-order valence-corrected chi connectivity index (χ0v) is 10.9. The van der Waals surface area contributed by atoms with Gasteiger partial charge in [-0.2, -0.15) is 0 Å². The zero-order chi connectivity index (χ0) is 12.0. The summed E-state index contributed by atoms with van der Waals surface area (Å²) in [5, 5.41) is 0. The minimum Gasteiger partial charge on any atom is -0.321 e. The number of carbonyl (C=O) groups is 1. The first-order valence-corrected chi connectivity index (χ1v) is 6.87. The maximum atomic E-state index is 11.1. The standard InChI is InChI=1S/C14H27NO/c1-11(14(15)12(2)16)7-6-10-13-8-4-3-5-9-13/h11,13-14H,3-10,15H2,1-2H3. The summed E-state index contributed by atoms with van der Waals surface area (Å²) >= 11 is 0. The van der Waals surface area contributed by atoms with Crippen molar-refractivity contribution in [3.63, 3.8) is 0 Å². The Morgan fingerprint density at radius 3 is 2.50 bits per heavy atom. The number of nitrogens with two attached hydrogens (primary N) is 1. The Morgan fingerprint density at radius 1 is 1.31 bits per heavy atom. The summed E-state index contributed by atoms with van der Waals surface area (Å²) in [6.07, 6.45) is 10.8. The van der Waals surface area contributed by atoms with E-state index < -0.39 is 0 Å². The van der Waals surface area contributed by atoms with Crippen LogP contribution >= 0.6 is 0 Å². The molecule has 2 heteroatoms. The number of ketones is 1. The van der Waals surface area contributed by atoms with Crippen LogP contribution in [0.1, 0.15) is 65.2 Å². The number of Topliss-reactive ketones (excluding diaryl/α,β-unsaturated/α-hetero) is 1. The van der Waals surface area contributed by atoms with Gasteiger partial charge in [-0.3, -0.25) is 4.79 Å². The summed E-state index contributed by atoms with van der Waals surface area (Å²) < 4.78 is 0. The molecule has 1 rings (SSSR count). The monoisotopic (exact) mass is 225 g/mol. The van der Waals surface area contributed by atoms with Crippen molar-refractivity contribution in [2.45, 2.75) is 71.3 Å². The first kappa shape index (κ1) is 13.7. The lowest BCUT2D eigenvalue weighted by atomic mass is 9.84. The van der Waals surface area contributed by atoms with Crippen LogP contribution < -0.4 is 5.73 Å². The molecule has 2 atom stereocenters. The molecule has 0 aromatic heterocycles. The fraction of sp³-hybridized carbons (Fsp3) is 0.929. The van der Waals surface area contributed by atoms with Gasteiger partial charge in [0, 0.05) is 0 Å². The predicted molar refractivity (Wildman–Crippen MR) is 68.2 cm³/mol. The summed E-state index contributed by atoms with van der Waals surface area (Å²) in [5.41, 5.74) is 5.83. The van der Waals surface area contributed by atoms with Crippen molar-refractivity contribution in [2.75, 3.05) is 0 Å². The van der Waals surface area contributed by atoms with Gasteiger partial charge >= 0.3 is 0 Å². The quantitative estimate of drug-likeness (QED) is 0.753. The van der Waals surface area contributed by atoms with Crippen molar-refractivity contribution in [2.24, 2.45) is 17.6 Å². The molecule has 2 nitrogen and oxygen atoms in total. The second-order valence-electron chi connectivity index (χ2n) is 5.55. The van der Waals surface area contributed by atoms with E-state index in [4.69, 9.17) is 5.73 Å². The molecule has 0 amide bonds. The van der Waals surface area contributed by atoms with Crippen molar-refractivity contribution < 1.29 is 4.79 Å². The van der Waals surface area contributed by atoms with Crippen molar-refractivity contribution in [1.82, 2.24) is 0 Å². The normalized spacial score (nSPS) is 21.7. The first-order chi connectivity index (χ1) is 7.61. The molecule has 0 aliphatic heterocycles.